The van der Waals surface area contributed by atoms with E-state index in [-0.39, 0.29) is 44.3 Å². The summed E-state index contributed by atoms with van der Waals surface area (Å²) < 4.78 is 13.4. The molecule has 4 N–H and O–H groups in total. The van der Waals surface area contributed by atoms with Crippen molar-refractivity contribution in [3.05, 3.63) is 105 Å². The van der Waals surface area contributed by atoms with Crippen molar-refractivity contribution >= 4 is 69.7 Å². The molecule has 0 aliphatic carbocycles. The summed E-state index contributed by atoms with van der Waals surface area (Å²) in [6.07, 6.45) is 6.37. The summed E-state index contributed by atoms with van der Waals surface area (Å²) in [6, 6.07) is 14.4. The number of ether oxygens (including phenoxy) is 2. The van der Waals surface area contributed by atoms with E-state index >= 15 is 0 Å². The van der Waals surface area contributed by atoms with Crippen LogP contribution in [0.1, 0.15) is 11.4 Å². The summed E-state index contributed by atoms with van der Waals surface area (Å²) in [6.45, 7) is 7.38. The van der Waals surface area contributed by atoms with Gasteiger partial charge in [0.15, 0.2) is 11.6 Å². The molecular formula is C44H50Cl4N12O7. The van der Waals surface area contributed by atoms with Gasteiger partial charge in [0.1, 0.15) is 36.0 Å². The van der Waals surface area contributed by atoms with Gasteiger partial charge in [-0.05, 0) is 50.2 Å². The number of aromatic nitrogens is 8. The zero-order valence-corrected chi connectivity index (χ0v) is 40.1. The summed E-state index contributed by atoms with van der Waals surface area (Å²) in [5.41, 5.74) is 4.06. The number of carboxylic acids is 1. The lowest BCUT2D eigenvalue weighted by atomic mass is 10.1. The number of carbonyl (C=O) groups excluding carboxylic acids is 1. The van der Waals surface area contributed by atoms with Gasteiger partial charge in [-0.3, -0.25) is 19.0 Å². The lowest BCUT2D eigenvalue weighted by molar-refractivity contribution is -0.138. The van der Waals surface area contributed by atoms with Gasteiger partial charge >= 0.3 is 5.97 Å². The zero-order chi connectivity index (χ0) is 48.2. The van der Waals surface area contributed by atoms with Crippen molar-refractivity contribution in [2.45, 2.75) is 39.0 Å². The number of hydrogen-bond acceptors (Lipinski definition) is 15. The molecule has 8 rings (SSSR count). The molecule has 2 saturated heterocycles. The molecule has 2 atom stereocenters. The van der Waals surface area contributed by atoms with Crippen molar-refractivity contribution in [1.82, 2.24) is 49.7 Å². The predicted molar refractivity (Wildman–Crippen MR) is 256 cm³/mol. The molecule has 4 aromatic heterocycles. The van der Waals surface area contributed by atoms with E-state index in [1.165, 1.54) is 4.68 Å². The lowest BCUT2D eigenvalue weighted by Gasteiger charge is -2.41. The Hall–Kier alpha value is -5.80. The van der Waals surface area contributed by atoms with Gasteiger partial charge in [-0.2, -0.15) is 10.2 Å². The highest BCUT2D eigenvalue weighted by molar-refractivity contribution is 6.34. The molecule has 0 radical (unpaired) electrons. The van der Waals surface area contributed by atoms with E-state index < -0.39 is 5.97 Å². The van der Waals surface area contributed by atoms with Gasteiger partial charge in [0.05, 0.1) is 65.0 Å². The van der Waals surface area contributed by atoms with Crippen molar-refractivity contribution in [3.63, 3.8) is 0 Å². The summed E-state index contributed by atoms with van der Waals surface area (Å²) in [5.74, 6) is 0.917. The third-order valence-electron chi connectivity index (χ3n) is 10.9. The van der Waals surface area contributed by atoms with Crippen LogP contribution in [0.25, 0.3) is 23.0 Å². The first-order valence-corrected chi connectivity index (χ1v) is 22.4. The molecule has 0 bridgehead atoms. The summed E-state index contributed by atoms with van der Waals surface area (Å²) in [4.78, 5) is 46.2. The molecule has 2 fully saturated rings. The first-order chi connectivity index (χ1) is 32.3. The number of amides is 1. The van der Waals surface area contributed by atoms with Crippen LogP contribution in [-0.2, 0) is 22.7 Å². The van der Waals surface area contributed by atoms with E-state index in [0.717, 1.165) is 31.0 Å². The number of rotatable bonds is 12. The maximum atomic E-state index is 13.2. The first kappa shape index (κ1) is 50.6. The van der Waals surface area contributed by atoms with Gasteiger partial charge in [-0.15, -0.1) is 0 Å². The van der Waals surface area contributed by atoms with Crippen LogP contribution in [0.3, 0.4) is 0 Å². The van der Waals surface area contributed by atoms with Crippen LogP contribution in [0.2, 0.25) is 20.1 Å². The zero-order valence-electron chi connectivity index (χ0n) is 37.1. The van der Waals surface area contributed by atoms with E-state index in [9.17, 15) is 14.7 Å². The number of carbonyl (C=O) groups is 2. The third kappa shape index (κ3) is 12.6. The van der Waals surface area contributed by atoms with Gasteiger partial charge < -0.3 is 44.8 Å². The monoisotopic (exact) mass is 998 g/mol. The number of piperazine rings is 2. The second-order valence-corrected chi connectivity index (χ2v) is 16.7. The number of hydrogen-bond donors (Lipinski definition) is 4. The van der Waals surface area contributed by atoms with Crippen molar-refractivity contribution in [1.29, 1.82) is 0 Å². The maximum absolute atomic E-state index is 13.2. The fourth-order valence-electron chi connectivity index (χ4n) is 7.28. The van der Waals surface area contributed by atoms with Crippen molar-refractivity contribution in [2.75, 3.05) is 76.5 Å². The molecule has 1 amide bonds. The highest BCUT2D eigenvalue weighted by Gasteiger charge is 2.31. The third-order valence-corrected chi connectivity index (χ3v) is 12.4. The van der Waals surface area contributed by atoms with Gasteiger partial charge in [0.2, 0.25) is 5.91 Å². The van der Waals surface area contributed by atoms with Crippen LogP contribution in [0, 0.1) is 13.8 Å². The Labute approximate surface area is 406 Å². The normalized spacial score (nSPS) is 15.8. The highest BCUT2D eigenvalue weighted by Crippen LogP contribution is 2.32. The minimum atomic E-state index is -0.979. The molecule has 23 heteroatoms. The Morgan fingerprint density at radius 2 is 1.19 bits per heavy atom. The Bertz CT molecular complexity index is 2610. The number of carboxylic acid groups (broad SMARTS) is 1. The predicted octanol–water partition coefficient (Wildman–Crippen LogP) is 5.18. The quantitative estimate of drug-likeness (QED) is 0.124. The van der Waals surface area contributed by atoms with Crippen LogP contribution in [0.15, 0.2) is 73.3 Å². The van der Waals surface area contributed by atoms with Gasteiger partial charge in [0, 0.05) is 93.6 Å². The minimum absolute atomic E-state index is 0.00363. The van der Waals surface area contributed by atoms with Crippen LogP contribution in [0.5, 0.6) is 11.5 Å². The van der Waals surface area contributed by atoms with Crippen LogP contribution in [-0.4, -0.2) is 150 Å². The molecule has 6 aromatic rings. The smallest absolute Gasteiger partial charge is 0.325 e. The number of nitrogens with zero attached hydrogens (tertiary/aromatic N) is 11. The Kier molecular flexibility index (Phi) is 18.0. The summed E-state index contributed by atoms with van der Waals surface area (Å²) >= 11 is 24.6. The van der Waals surface area contributed by atoms with Crippen molar-refractivity contribution < 1.29 is 34.4 Å². The molecule has 2 aromatic carbocycles. The molecule has 19 nitrogen and oxygen atoms in total. The number of nitrogens with one attached hydrogen (secondary N) is 1. The molecular weight excluding hydrogens is 950 g/mol. The molecule has 0 unspecified atom stereocenters. The Morgan fingerprint density at radius 1 is 0.701 bits per heavy atom. The van der Waals surface area contributed by atoms with Crippen molar-refractivity contribution in [3.8, 4) is 34.5 Å². The van der Waals surface area contributed by atoms with E-state index in [1.807, 2.05) is 30.3 Å². The van der Waals surface area contributed by atoms with Gasteiger partial charge in [0.25, 0.3) is 0 Å². The van der Waals surface area contributed by atoms with E-state index in [4.69, 9.17) is 66.1 Å². The molecule has 67 heavy (non-hydrogen) atoms. The summed E-state index contributed by atoms with van der Waals surface area (Å²) in [7, 11) is 3.18. The number of aliphatic carboxylic acids is 1. The summed E-state index contributed by atoms with van der Waals surface area (Å²) in [5, 5.41) is 41.7. The number of methoxy groups -OCH3 is 2. The molecule has 6 heterocycles. The number of anilines is 2. The van der Waals surface area contributed by atoms with E-state index in [1.54, 1.807) is 80.6 Å². The molecule has 2 aliphatic rings. The Morgan fingerprint density at radius 3 is 1.66 bits per heavy atom. The lowest BCUT2D eigenvalue weighted by Crippen LogP contribution is -2.57. The topological polar surface area (TPSA) is 222 Å². The van der Waals surface area contributed by atoms with Crippen LogP contribution >= 0.6 is 46.4 Å². The van der Waals surface area contributed by atoms with E-state index in [2.05, 4.69) is 45.2 Å². The minimum Gasteiger partial charge on any atom is -0.495 e. The standard InChI is InChI=1S/C22H24Cl2N6O3.C12H17ClN2O2.C10H9ClN4O2/c1-14-20(24)21(22-25-6-3-7-26-22)27-30(14)12-19(32)29-9-8-28(11-16(29)13-31)15-4-5-17(23)18(10-15)33-2;1-17-12-6-10(2-3-11(12)13)15-5-4-14-9(7-15)8-16;1-6-8(11)9(10-12-3-2-4-13-10)14-15(6)5-7(16)17/h3-7,10,16,31H,8-9,11-13H2,1-2H3;2-3,6,9,14,16H,4-5,7-8H2,1H3;2-4H,5H2,1H3,(H,16,17)/t16-;9-;/m11./s1. The highest BCUT2D eigenvalue weighted by atomic mass is 35.5. The van der Waals surface area contributed by atoms with E-state index in [0.29, 0.717) is 85.6 Å². The van der Waals surface area contributed by atoms with Gasteiger partial charge in [-0.25, -0.2) is 19.9 Å². The van der Waals surface area contributed by atoms with Gasteiger partial charge in [-0.1, -0.05) is 46.4 Å². The second kappa shape index (κ2) is 23.8. The van der Waals surface area contributed by atoms with Crippen LogP contribution < -0.4 is 24.6 Å². The number of aliphatic hydroxyl groups is 2. The number of aliphatic hydroxyl groups excluding tert-OH is 2. The largest absolute Gasteiger partial charge is 0.495 e. The first-order valence-electron chi connectivity index (χ1n) is 20.9. The SMILES string of the molecule is COc1cc(N2CCN(C(=O)Cn3nc(-c4ncccn4)c(Cl)c3C)[C@@H](CO)C2)ccc1Cl.COc1cc(N2CCN[C@@H](CO)C2)ccc1Cl.Cc1c(Cl)c(-c2ncccn2)nn1CC(=O)O. The number of benzene rings is 2. The Balaban J connectivity index is 0.000000183. The van der Waals surface area contributed by atoms with Crippen molar-refractivity contribution in [2.24, 2.45) is 0 Å². The molecule has 0 spiro atoms. The number of halogens is 4. The molecule has 0 saturated carbocycles. The average molecular weight is 1000 g/mol. The average Bonchev–Trinajstić information content (AvgIpc) is 3.80. The molecule has 356 valence electrons. The van der Waals surface area contributed by atoms with Crippen LogP contribution in [0.4, 0.5) is 11.4 Å². The fraction of sp³-hybridized carbons (Fsp3) is 0.364. The fourth-order valence-corrected chi connectivity index (χ4v) is 8.11. The second-order valence-electron chi connectivity index (χ2n) is 15.1. The maximum Gasteiger partial charge on any atom is 0.325 e. The molecule has 2 aliphatic heterocycles.